The molecule has 1 rings (SSSR count). The van der Waals surface area contributed by atoms with Gasteiger partial charge in [-0.2, -0.15) is 0 Å². The number of likely N-dealkylation sites (N-methyl/N-ethyl adjacent to an activating group) is 1. The molecular weight excluding hydrogens is 236 g/mol. The van der Waals surface area contributed by atoms with Gasteiger partial charge in [0.05, 0.1) is 13.1 Å². The molecule has 0 fully saturated rings. The first-order chi connectivity index (χ1) is 8.40. The normalized spacial score (nSPS) is 11.6. The summed E-state index contributed by atoms with van der Waals surface area (Å²) in [5.41, 5.74) is 1.73. The van der Waals surface area contributed by atoms with Crippen LogP contribution < -0.4 is 0 Å². The van der Waals surface area contributed by atoms with Gasteiger partial charge in [0, 0.05) is 5.56 Å². The molecule has 0 bridgehead atoms. The molecule has 18 heavy (non-hydrogen) atoms. The number of alkyl halides is 2. The van der Waals surface area contributed by atoms with Gasteiger partial charge >= 0.3 is 0 Å². The molecule has 0 saturated heterocycles. The van der Waals surface area contributed by atoms with Crippen molar-refractivity contribution in [1.29, 1.82) is 0 Å². The minimum atomic E-state index is -2.41. The molecule has 1 aromatic rings. The number of Topliss-reactive ketones (excluding diaryl/α,β-unsaturated/α-hetero) is 1. The van der Waals surface area contributed by atoms with E-state index in [1.165, 1.54) is 11.9 Å². The van der Waals surface area contributed by atoms with Gasteiger partial charge < -0.3 is 0 Å². The summed E-state index contributed by atoms with van der Waals surface area (Å²) < 4.78 is 24.3. The quantitative estimate of drug-likeness (QED) is 0.728. The van der Waals surface area contributed by atoms with Crippen molar-refractivity contribution in [2.45, 2.75) is 26.2 Å². The second kappa shape index (κ2) is 6.59. The van der Waals surface area contributed by atoms with E-state index in [1.54, 1.807) is 12.1 Å². The van der Waals surface area contributed by atoms with Crippen molar-refractivity contribution < 1.29 is 13.6 Å². The summed E-state index contributed by atoms with van der Waals surface area (Å²) in [4.78, 5) is 13.2. The number of hydrogen-bond donors (Lipinski definition) is 0. The van der Waals surface area contributed by atoms with Crippen molar-refractivity contribution in [3.8, 4) is 0 Å². The van der Waals surface area contributed by atoms with E-state index >= 15 is 0 Å². The van der Waals surface area contributed by atoms with Crippen LogP contribution in [0.15, 0.2) is 24.3 Å². The zero-order valence-electron chi connectivity index (χ0n) is 11.0. The van der Waals surface area contributed by atoms with E-state index in [4.69, 9.17) is 0 Å². The Kier molecular flexibility index (Phi) is 5.41. The predicted octanol–water partition coefficient (Wildman–Crippen LogP) is 3.19. The average Bonchev–Trinajstić information content (AvgIpc) is 2.27. The van der Waals surface area contributed by atoms with Crippen LogP contribution in [0.4, 0.5) is 8.78 Å². The van der Waals surface area contributed by atoms with Gasteiger partial charge in [-0.1, -0.05) is 38.1 Å². The fourth-order valence-corrected chi connectivity index (χ4v) is 1.69. The van der Waals surface area contributed by atoms with Crippen LogP contribution in [0.2, 0.25) is 0 Å². The van der Waals surface area contributed by atoms with Crippen LogP contribution >= 0.6 is 0 Å². The first-order valence-electron chi connectivity index (χ1n) is 6.00. The monoisotopic (exact) mass is 255 g/mol. The van der Waals surface area contributed by atoms with Crippen LogP contribution in [0.5, 0.6) is 0 Å². The van der Waals surface area contributed by atoms with Gasteiger partial charge in [-0.05, 0) is 18.5 Å². The molecule has 0 aliphatic rings. The standard InChI is InChI=1S/C14H19F2NO/c1-10(2)11-4-6-12(7-5-11)13(18)8-17(3)9-14(15)16/h4-7,10,14H,8-9H2,1-3H3. The molecule has 2 nitrogen and oxygen atoms in total. The topological polar surface area (TPSA) is 20.3 Å². The molecule has 0 spiro atoms. The van der Waals surface area contributed by atoms with Crippen molar-refractivity contribution in [3.05, 3.63) is 35.4 Å². The largest absolute Gasteiger partial charge is 0.293 e. The number of benzene rings is 1. The van der Waals surface area contributed by atoms with Crippen molar-refractivity contribution in [2.75, 3.05) is 20.1 Å². The lowest BCUT2D eigenvalue weighted by atomic mass is 10.0. The number of carbonyl (C=O) groups is 1. The van der Waals surface area contributed by atoms with Gasteiger partial charge in [-0.3, -0.25) is 9.69 Å². The molecule has 0 radical (unpaired) electrons. The number of halogens is 2. The Morgan fingerprint density at radius 3 is 2.22 bits per heavy atom. The lowest BCUT2D eigenvalue weighted by Crippen LogP contribution is -2.30. The highest BCUT2D eigenvalue weighted by molar-refractivity contribution is 5.97. The summed E-state index contributed by atoms with van der Waals surface area (Å²) in [6.07, 6.45) is -2.41. The Bertz CT molecular complexity index is 387. The van der Waals surface area contributed by atoms with E-state index in [9.17, 15) is 13.6 Å². The fourth-order valence-electron chi connectivity index (χ4n) is 1.69. The highest BCUT2D eigenvalue weighted by Crippen LogP contribution is 2.15. The molecule has 0 N–H and O–H groups in total. The van der Waals surface area contributed by atoms with Crippen LogP contribution in [-0.2, 0) is 0 Å². The minimum Gasteiger partial charge on any atom is -0.293 e. The highest BCUT2D eigenvalue weighted by atomic mass is 19.3. The molecular formula is C14H19F2NO. The summed E-state index contributed by atoms with van der Waals surface area (Å²) in [6, 6.07) is 7.33. The molecule has 0 amide bonds. The zero-order valence-corrected chi connectivity index (χ0v) is 11.0. The Morgan fingerprint density at radius 1 is 1.22 bits per heavy atom. The maximum atomic E-state index is 12.1. The Hall–Kier alpha value is -1.29. The molecule has 0 saturated carbocycles. The van der Waals surface area contributed by atoms with E-state index < -0.39 is 6.43 Å². The summed E-state index contributed by atoms with van der Waals surface area (Å²) >= 11 is 0. The van der Waals surface area contributed by atoms with Crippen LogP contribution in [0.1, 0.15) is 35.7 Å². The van der Waals surface area contributed by atoms with Crippen LogP contribution in [0.3, 0.4) is 0 Å². The molecule has 0 aliphatic heterocycles. The van der Waals surface area contributed by atoms with Gasteiger partial charge in [0.25, 0.3) is 6.43 Å². The Labute approximate surface area is 107 Å². The van der Waals surface area contributed by atoms with Crippen molar-refractivity contribution in [2.24, 2.45) is 0 Å². The second-order valence-corrected chi connectivity index (χ2v) is 4.79. The Balaban J connectivity index is 2.61. The minimum absolute atomic E-state index is 0.0192. The fraction of sp³-hybridized carbons (Fsp3) is 0.500. The first kappa shape index (κ1) is 14.8. The summed E-state index contributed by atoms with van der Waals surface area (Å²) in [5, 5.41) is 0. The van der Waals surface area contributed by atoms with Crippen LogP contribution in [0, 0.1) is 0 Å². The number of rotatable bonds is 6. The zero-order chi connectivity index (χ0) is 13.7. The van der Waals surface area contributed by atoms with E-state index in [0.29, 0.717) is 11.5 Å². The number of hydrogen-bond acceptors (Lipinski definition) is 2. The smallest absolute Gasteiger partial charge is 0.251 e. The average molecular weight is 255 g/mol. The third kappa shape index (κ3) is 4.53. The van der Waals surface area contributed by atoms with Gasteiger partial charge in [0.2, 0.25) is 0 Å². The van der Waals surface area contributed by atoms with Gasteiger partial charge in [0.15, 0.2) is 5.78 Å². The summed E-state index contributed by atoms with van der Waals surface area (Å²) in [7, 11) is 1.52. The van der Waals surface area contributed by atoms with Crippen molar-refractivity contribution in [3.63, 3.8) is 0 Å². The van der Waals surface area contributed by atoms with Crippen LogP contribution in [0.25, 0.3) is 0 Å². The maximum Gasteiger partial charge on any atom is 0.251 e. The van der Waals surface area contributed by atoms with Crippen molar-refractivity contribution >= 4 is 5.78 Å². The van der Waals surface area contributed by atoms with Gasteiger partial charge in [-0.15, -0.1) is 0 Å². The maximum absolute atomic E-state index is 12.1. The van der Waals surface area contributed by atoms with Crippen molar-refractivity contribution in [1.82, 2.24) is 4.90 Å². The molecule has 0 aliphatic carbocycles. The molecule has 0 atom stereocenters. The SMILES string of the molecule is CC(C)c1ccc(C(=O)CN(C)CC(F)F)cc1. The second-order valence-electron chi connectivity index (χ2n) is 4.79. The van der Waals surface area contributed by atoms with E-state index in [1.807, 2.05) is 12.1 Å². The molecule has 0 aromatic heterocycles. The molecule has 1 aromatic carbocycles. The molecule has 4 heteroatoms. The van der Waals surface area contributed by atoms with E-state index in [2.05, 4.69) is 13.8 Å². The molecule has 100 valence electrons. The molecule has 0 heterocycles. The van der Waals surface area contributed by atoms with E-state index in [-0.39, 0.29) is 18.9 Å². The summed E-state index contributed by atoms with van der Waals surface area (Å²) in [6.45, 7) is 3.79. The number of carbonyl (C=O) groups excluding carboxylic acids is 1. The first-order valence-corrected chi connectivity index (χ1v) is 6.00. The van der Waals surface area contributed by atoms with E-state index in [0.717, 1.165) is 5.56 Å². The number of nitrogens with zero attached hydrogens (tertiary/aromatic N) is 1. The third-order valence-corrected chi connectivity index (χ3v) is 2.76. The molecule has 0 unspecified atom stereocenters. The third-order valence-electron chi connectivity index (χ3n) is 2.76. The van der Waals surface area contributed by atoms with Gasteiger partial charge in [0.1, 0.15) is 0 Å². The number of ketones is 1. The summed E-state index contributed by atoms with van der Waals surface area (Å²) in [5.74, 6) is 0.282. The van der Waals surface area contributed by atoms with Gasteiger partial charge in [-0.25, -0.2) is 8.78 Å². The lowest BCUT2D eigenvalue weighted by molar-refractivity contribution is 0.0820. The Morgan fingerprint density at radius 2 is 1.78 bits per heavy atom. The predicted molar refractivity (Wildman–Crippen MR) is 68.4 cm³/mol. The lowest BCUT2D eigenvalue weighted by Gasteiger charge is -2.15. The highest BCUT2D eigenvalue weighted by Gasteiger charge is 2.13. The van der Waals surface area contributed by atoms with Crippen LogP contribution in [-0.4, -0.2) is 37.2 Å².